The lowest BCUT2D eigenvalue weighted by atomic mass is 10.0. The maximum Gasteiger partial charge on any atom is 0.326 e. The lowest BCUT2D eigenvalue weighted by Crippen LogP contribution is -2.57. The summed E-state index contributed by atoms with van der Waals surface area (Å²) in [5, 5.41) is 23.3. The third-order valence-electron chi connectivity index (χ3n) is 5.02. The molecular weight excluding hydrogens is 428 g/mol. The number of thioether (sulfide) groups is 1. The summed E-state index contributed by atoms with van der Waals surface area (Å²) in [5.41, 5.74) is 5.66. The van der Waals surface area contributed by atoms with Gasteiger partial charge in [0.1, 0.15) is 18.1 Å². The minimum absolute atomic E-state index is 0.264. The number of aliphatic carboxylic acids is 2. The second-order valence-corrected chi connectivity index (χ2v) is 8.79. The fraction of sp³-hybridized carbons (Fsp3) is 0.737. The van der Waals surface area contributed by atoms with E-state index in [0.29, 0.717) is 18.6 Å². The Morgan fingerprint density at radius 2 is 1.81 bits per heavy atom. The van der Waals surface area contributed by atoms with Crippen molar-refractivity contribution in [3.8, 4) is 0 Å². The number of nitrogens with zero attached hydrogens (tertiary/aromatic N) is 1. The van der Waals surface area contributed by atoms with Crippen LogP contribution >= 0.6 is 11.8 Å². The van der Waals surface area contributed by atoms with Gasteiger partial charge in [-0.15, -0.1) is 0 Å². The van der Waals surface area contributed by atoms with Gasteiger partial charge >= 0.3 is 11.9 Å². The Balaban J connectivity index is 2.90. The SMILES string of the molecule is CSCCC(NC(=O)C1CCCN1C(=O)C(N)CC(=O)O)C(=O)NC(C(=O)O)C(C)C. The van der Waals surface area contributed by atoms with Crippen molar-refractivity contribution in [1.29, 1.82) is 0 Å². The molecule has 0 aliphatic carbocycles. The van der Waals surface area contributed by atoms with Crippen LogP contribution in [0.2, 0.25) is 0 Å². The smallest absolute Gasteiger partial charge is 0.326 e. The first kappa shape index (κ1) is 26.7. The summed E-state index contributed by atoms with van der Waals surface area (Å²) in [5.74, 6) is -3.97. The molecule has 0 bridgehead atoms. The van der Waals surface area contributed by atoms with E-state index in [9.17, 15) is 29.1 Å². The number of likely N-dealkylation sites (tertiary alicyclic amines) is 1. The highest BCUT2D eigenvalue weighted by Crippen LogP contribution is 2.19. The average Bonchev–Trinajstić information content (AvgIpc) is 3.17. The minimum Gasteiger partial charge on any atom is -0.481 e. The summed E-state index contributed by atoms with van der Waals surface area (Å²) in [6.45, 7) is 3.59. The maximum absolute atomic E-state index is 12.9. The number of amides is 3. The van der Waals surface area contributed by atoms with Gasteiger partial charge in [0.25, 0.3) is 0 Å². The van der Waals surface area contributed by atoms with E-state index in [4.69, 9.17) is 10.8 Å². The fourth-order valence-electron chi connectivity index (χ4n) is 3.33. The molecule has 12 heteroatoms. The van der Waals surface area contributed by atoms with Gasteiger partial charge in [0.2, 0.25) is 17.7 Å². The molecule has 0 aromatic carbocycles. The van der Waals surface area contributed by atoms with Gasteiger partial charge in [-0.3, -0.25) is 19.2 Å². The van der Waals surface area contributed by atoms with Crippen LogP contribution in [-0.4, -0.2) is 87.5 Å². The van der Waals surface area contributed by atoms with Gasteiger partial charge in [-0.05, 0) is 37.2 Å². The minimum atomic E-state index is -1.26. The molecule has 31 heavy (non-hydrogen) atoms. The molecule has 0 aromatic heterocycles. The second kappa shape index (κ2) is 12.5. The quantitative estimate of drug-likeness (QED) is 0.250. The molecule has 1 fully saturated rings. The molecule has 11 nitrogen and oxygen atoms in total. The summed E-state index contributed by atoms with van der Waals surface area (Å²) < 4.78 is 0. The number of rotatable bonds is 12. The zero-order valence-corrected chi connectivity index (χ0v) is 18.8. The molecule has 1 aliphatic rings. The van der Waals surface area contributed by atoms with Gasteiger partial charge in [-0.2, -0.15) is 11.8 Å². The van der Waals surface area contributed by atoms with Crippen LogP contribution in [0, 0.1) is 5.92 Å². The van der Waals surface area contributed by atoms with Crippen LogP contribution in [0.15, 0.2) is 0 Å². The van der Waals surface area contributed by atoms with Crippen molar-refractivity contribution in [2.45, 2.75) is 63.7 Å². The van der Waals surface area contributed by atoms with Crippen molar-refractivity contribution >= 4 is 41.4 Å². The molecule has 0 saturated carbocycles. The number of carboxylic acid groups (broad SMARTS) is 2. The molecule has 1 rings (SSSR count). The van der Waals surface area contributed by atoms with Crippen LogP contribution in [-0.2, 0) is 24.0 Å². The predicted molar refractivity (Wildman–Crippen MR) is 114 cm³/mol. The highest BCUT2D eigenvalue weighted by molar-refractivity contribution is 7.98. The number of nitrogens with one attached hydrogen (secondary N) is 2. The summed E-state index contributed by atoms with van der Waals surface area (Å²) in [6.07, 6.45) is 2.47. The van der Waals surface area contributed by atoms with E-state index < -0.39 is 60.2 Å². The van der Waals surface area contributed by atoms with E-state index in [1.165, 1.54) is 16.7 Å². The normalized spacial score (nSPS) is 18.9. The lowest BCUT2D eigenvalue weighted by Gasteiger charge is -2.28. The number of carboxylic acids is 2. The number of carbonyl (C=O) groups excluding carboxylic acids is 3. The molecule has 4 atom stereocenters. The zero-order chi connectivity index (χ0) is 23.7. The Kier molecular flexibility index (Phi) is 10.8. The standard InChI is InChI=1S/C19H32N4O7S/c1-10(2)15(19(29)30)22-16(26)12(6-8-31-3)21-17(27)13-5-4-7-23(13)18(28)11(20)9-14(24)25/h10-13,15H,4-9,20H2,1-3H3,(H,21,27)(H,22,26)(H,24,25)(H,29,30). The summed E-state index contributed by atoms with van der Waals surface area (Å²) in [6, 6.07) is -4.19. The molecule has 0 aromatic rings. The molecule has 3 amide bonds. The van der Waals surface area contributed by atoms with Gasteiger partial charge in [0.15, 0.2) is 0 Å². The van der Waals surface area contributed by atoms with Crippen molar-refractivity contribution in [3.63, 3.8) is 0 Å². The molecular formula is C19H32N4O7S. The van der Waals surface area contributed by atoms with E-state index in [1.807, 2.05) is 6.26 Å². The second-order valence-electron chi connectivity index (χ2n) is 7.81. The largest absolute Gasteiger partial charge is 0.481 e. The summed E-state index contributed by atoms with van der Waals surface area (Å²) in [7, 11) is 0. The number of hydrogen-bond acceptors (Lipinski definition) is 7. The van der Waals surface area contributed by atoms with Gasteiger partial charge < -0.3 is 31.5 Å². The van der Waals surface area contributed by atoms with Crippen molar-refractivity contribution in [3.05, 3.63) is 0 Å². The Labute approximate surface area is 185 Å². The van der Waals surface area contributed by atoms with E-state index >= 15 is 0 Å². The van der Waals surface area contributed by atoms with Gasteiger partial charge in [0.05, 0.1) is 12.5 Å². The third kappa shape index (κ3) is 8.02. The molecule has 176 valence electrons. The number of carbonyl (C=O) groups is 5. The zero-order valence-electron chi connectivity index (χ0n) is 18.0. The first-order valence-corrected chi connectivity index (χ1v) is 11.5. The predicted octanol–water partition coefficient (Wildman–Crippen LogP) is -0.757. The van der Waals surface area contributed by atoms with Crippen LogP contribution < -0.4 is 16.4 Å². The Hall–Kier alpha value is -2.34. The Morgan fingerprint density at radius 3 is 2.32 bits per heavy atom. The molecule has 0 radical (unpaired) electrons. The highest BCUT2D eigenvalue weighted by Gasteiger charge is 2.38. The Bertz CT molecular complexity index is 688. The van der Waals surface area contributed by atoms with Crippen LogP contribution in [0.3, 0.4) is 0 Å². The van der Waals surface area contributed by atoms with Gasteiger partial charge in [0, 0.05) is 6.54 Å². The van der Waals surface area contributed by atoms with Gasteiger partial charge in [-0.1, -0.05) is 13.8 Å². The Morgan fingerprint density at radius 1 is 1.16 bits per heavy atom. The van der Waals surface area contributed by atoms with Crippen LogP contribution in [0.4, 0.5) is 0 Å². The topological polar surface area (TPSA) is 179 Å². The maximum atomic E-state index is 12.9. The molecule has 1 aliphatic heterocycles. The van der Waals surface area contributed by atoms with Crippen LogP contribution in [0.1, 0.15) is 39.5 Å². The average molecular weight is 461 g/mol. The fourth-order valence-corrected chi connectivity index (χ4v) is 3.80. The number of nitrogens with two attached hydrogens (primary N) is 1. The summed E-state index contributed by atoms with van der Waals surface area (Å²) in [4.78, 5) is 61.5. The first-order chi connectivity index (χ1) is 14.5. The van der Waals surface area contributed by atoms with E-state index in [2.05, 4.69) is 10.6 Å². The van der Waals surface area contributed by atoms with Crippen LogP contribution in [0.5, 0.6) is 0 Å². The number of hydrogen-bond donors (Lipinski definition) is 5. The van der Waals surface area contributed by atoms with Crippen molar-refractivity contribution < 1.29 is 34.2 Å². The third-order valence-corrected chi connectivity index (χ3v) is 5.67. The lowest BCUT2D eigenvalue weighted by molar-refractivity contribution is -0.144. The molecule has 6 N–H and O–H groups in total. The van der Waals surface area contributed by atoms with E-state index in [0.717, 1.165) is 0 Å². The highest BCUT2D eigenvalue weighted by atomic mass is 32.2. The molecule has 1 heterocycles. The molecule has 4 unspecified atom stereocenters. The summed E-state index contributed by atoms with van der Waals surface area (Å²) >= 11 is 1.47. The van der Waals surface area contributed by atoms with Gasteiger partial charge in [-0.25, -0.2) is 4.79 Å². The monoisotopic (exact) mass is 460 g/mol. The van der Waals surface area contributed by atoms with Crippen LogP contribution in [0.25, 0.3) is 0 Å². The van der Waals surface area contributed by atoms with Crippen molar-refractivity contribution in [2.24, 2.45) is 11.7 Å². The van der Waals surface area contributed by atoms with Crippen molar-refractivity contribution in [2.75, 3.05) is 18.6 Å². The van der Waals surface area contributed by atoms with E-state index in [1.54, 1.807) is 13.8 Å². The van der Waals surface area contributed by atoms with Crippen molar-refractivity contribution in [1.82, 2.24) is 15.5 Å². The first-order valence-electron chi connectivity index (χ1n) is 10.1. The molecule has 1 saturated heterocycles. The van der Waals surface area contributed by atoms with E-state index in [-0.39, 0.29) is 18.9 Å². The molecule has 0 spiro atoms.